The van der Waals surface area contributed by atoms with Crippen LogP contribution in [0.4, 0.5) is 24.7 Å². The number of amides is 2. The Morgan fingerprint density at radius 1 is 1.16 bits per heavy atom. The van der Waals surface area contributed by atoms with Gasteiger partial charge in [-0.15, -0.1) is 0 Å². The Hall–Kier alpha value is -3.68. The highest BCUT2D eigenvalue weighted by atomic mass is 19.4. The predicted molar refractivity (Wildman–Crippen MR) is 134 cm³/mol. The third kappa shape index (κ3) is 7.91. The van der Waals surface area contributed by atoms with Gasteiger partial charge in [-0.1, -0.05) is 0 Å². The molecule has 3 N–H and O–H groups in total. The average molecular weight is 540 g/mol. The summed E-state index contributed by atoms with van der Waals surface area (Å²) in [6.45, 7) is 1.47. The first-order valence-electron chi connectivity index (χ1n) is 12.0. The van der Waals surface area contributed by atoms with Crippen LogP contribution in [0.2, 0.25) is 0 Å². The monoisotopic (exact) mass is 539 g/mol. The van der Waals surface area contributed by atoms with E-state index in [1.165, 1.54) is 13.2 Å². The Kier molecular flexibility index (Phi) is 9.31. The van der Waals surface area contributed by atoms with Gasteiger partial charge in [-0.2, -0.15) is 23.1 Å². The van der Waals surface area contributed by atoms with Crippen molar-refractivity contribution in [3.63, 3.8) is 0 Å². The van der Waals surface area contributed by atoms with E-state index in [1.54, 1.807) is 13.0 Å². The second kappa shape index (κ2) is 12.2. The van der Waals surface area contributed by atoms with E-state index in [-0.39, 0.29) is 29.9 Å². The third-order valence-electron chi connectivity index (χ3n) is 5.92. The van der Waals surface area contributed by atoms with E-state index in [0.717, 1.165) is 11.4 Å². The number of alkyl halides is 3. The van der Waals surface area contributed by atoms with Crippen molar-refractivity contribution in [3.05, 3.63) is 35.3 Å². The lowest BCUT2D eigenvalue weighted by molar-refractivity contribution is -0.123. The molecule has 14 heteroatoms. The van der Waals surface area contributed by atoms with Gasteiger partial charge in [0.15, 0.2) is 0 Å². The number of nitrogens with zero attached hydrogens (tertiary/aromatic N) is 5. The normalized spacial score (nSPS) is 15.2. The number of piperidine rings is 1. The van der Waals surface area contributed by atoms with E-state index in [9.17, 15) is 22.8 Å². The van der Waals surface area contributed by atoms with Gasteiger partial charge in [-0.3, -0.25) is 9.59 Å². The van der Waals surface area contributed by atoms with Crippen molar-refractivity contribution in [3.8, 4) is 6.01 Å². The van der Waals surface area contributed by atoms with Gasteiger partial charge in [-0.25, -0.2) is 4.98 Å². The van der Waals surface area contributed by atoms with E-state index >= 15 is 0 Å². The van der Waals surface area contributed by atoms with E-state index < -0.39 is 30.6 Å². The maximum absolute atomic E-state index is 12.6. The van der Waals surface area contributed by atoms with Crippen LogP contribution in [0.1, 0.15) is 52.4 Å². The molecule has 0 radical (unpaired) electrons. The number of primary amides is 1. The molecule has 3 rings (SSSR count). The summed E-state index contributed by atoms with van der Waals surface area (Å²) < 4.78 is 48.6. The SMILES string of the molecule is COC[C@@H](C)Oc1nc(C(=O)NCC(F)(F)F)cc(N2CCC(c3cc(N(C)C)cc(C(N)=O)n3)CC2)n1. The van der Waals surface area contributed by atoms with Gasteiger partial charge in [0.1, 0.15) is 29.9 Å². The molecule has 1 aliphatic rings. The molecule has 1 fully saturated rings. The molecule has 0 bridgehead atoms. The number of halogens is 3. The maximum atomic E-state index is 12.6. The topological polar surface area (TPSA) is 136 Å². The van der Waals surface area contributed by atoms with Crippen LogP contribution in [0.3, 0.4) is 0 Å². The van der Waals surface area contributed by atoms with Crippen molar-refractivity contribution in [1.82, 2.24) is 20.3 Å². The highest BCUT2D eigenvalue weighted by molar-refractivity contribution is 5.93. The smallest absolute Gasteiger partial charge is 0.405 e. The Bertz CT molecular complexity index is 1140. The first-order chi connectivity index (χ1) is 17.9. The number of anilines is 2. The lowest BCUT2D eigenvalue weighted by Crippen LogP contribution is -2.36. The molecule has 208 valence electrons. The highest BCUT2D eigenvalue weighted by Crippen LogP contribution is 2.31. The summed E-state index contributed by atoms with van der Waals surface area (Å²) in [6.07, 6.45) is -3.72. The minimum atomic E-state index is -4.56. The van der Waals surface area contributed by atoms with Crippen LogP contribution in [0.25, 0.3) is 0 Å². The number of hydrogen-bond acceptors (Lipinski definition) is 9. The molecule has 1 atom stereocenters. The number of pyridine rings is 1. The zero-order chi connectivity index (χ0) is 28.0. The van der Waals surface area contributed by atoms with Crippen LogP contribution in [0.15, 0.2) is 18.2 Å². The molecule has 2 aromatic rings. The van der Waals surface area contributed by atoms with Gasteiger partial charge < -0.3 is 30.3 Å². The molecule has 1 aliphatic heterocycles. The standard InChI is InChI=1S/C24H32F3N7O4/c1-14(12-37-4)38-23-31-19(22(36)29-13-24(25,26)27)11-20(32-23)34-7-5-15(6-8-34)17-9-16(33(2)3)10-18(30-17)21(28)35/h9-11,14-15H,5-8,12-13H2,1-4H3,(H2,28,35)(H,29,36)/t14-/m1/s1. The zero-order valence-corrected chi connectivity index (χ0v) is 21.7. The van der Waals surface area contributed by atoms with Crippen LogP contribution >= 0.6 is 0 Å². The summed E-state index contributed by atoms with van der Waals surface area (Å²) in [5.41, 5.74) is 6.97. The van der Waals surface area contributed by atoms with Crippen molar-refractivity contribution in [1.29, 1.82) is 0 Å². The van der Waals surface area contributed by atoms with Crippen LogP contribution in [0.5, 0.6) is 6.01 Å². The van der Waals surface area contributed by atoms with Crippen molar-refractivity contribution in [2.75, 3.05) is 57.2 Å². The Balaban J connectivity index is 1.81. The summed E-state index contributed by atoms with van der Waals surface area (Å²) in [7, 11) is 5.21. The van der Waals surface area contributed by atoms with Gasteiger partial charge in [0.2, 0.25) is 0 Å². The number of hydrogen-bond donors (Lipinski definition) is 2. The van der Waals surface area contributed by atoms with E-state index in [4.69, 9.17) is 15.2 Å². The first-order valence-corrected chi connectivity index (χ1v) is 12.0. The van der Waals surface area contributed by atoms with Gasteiger partial charge in [0.05, 0.1) is 6.61 Å². The van der Waals surface area contributed by atoms with Crippen molar-refractivity contribution >= 4 is 23.3 Å². The molecule has 0 aliphatic carbocycles. The van der Waals surface area contributed by atoms with E-state index in [0.29, 0.717) is 31.7 Å². The number of methoxy groups -OCH3 is 1. The second-order valence-electron chi connectivity index (χ2n) is 9.23. The highest BCUT2D eigenvalue weighted by Gasteiger charge is 2.29. The van der Waals surface area contributed by atoms with Crippen LogP contribution in [-0.4, -0.2) is 86.5 Å². The number of rotatable bonds is 10. The molecule has 2 amide bonds. The van der Waals surface area contributed by atoms with Gasteiger partial charge >= 0.3 is 12.2 Å². The number of ether oxygens (including phenoxy) is 2. The molecule has 0 spiro atoms. The number of carbonyl (C=O) groups is 2. The lowest BCUT2D eigenvalue weighted by Gasteiger charge is -2.33. The molecule has 0 saturated carbocycles. The minimum absolute atomic E-state index is 0.0399. The molecule has 0 aromatic carbocycles. The Labute approximate surface area is 218 Å². The largest absolute Gasteiger partial charge is 0.458 e. The van der Waals surface area contributed by atoms with Crippen LogP contribution in [0, 0.1) is 0 Å². The molecular weight excluding hydrogens is 507 g/mol. The molecular formula is C24H32F3N7O4. The fraction of sp³-hybridized carbons (Fsp3) is 0.542. The summed E-state index contributed by atoms with van der Waals surface area (Å²) in [5.74, 6) is -1.21. The third-order valence-corrected chi connectivity index (χ3v) is 5.92. The first kappa shape index (κ1) is 28.9. The van der Waals surface area contributed by atoms with Gasteiger partial charge in [0.25, 0.3) is 11.8 Å². The molecule has 11 nitrogen and oxygen atoms in total. The fourth-order valence-electron chi connectivity index (χ4n) is 4.00. The Morgan fingerprint density at radius 3 is 2.42 bits per heavy atom. The van der Waals surface area contributed by atoms with E-state index in [2.05, 4.69) is 15.0 Å². The summed E-state index contributed by atoms with van der Waals surface area (Å²) in [4.78, 5) is 40.9. The zero-order valence-electron chi connectivity index (χ0n) is 21.7. The van der Waals surface area contributed by atoms with Crippen molar-refractivity contribution < 1.29 is 32.2 Å². The number of carbonyl (C=O) groups excluding carboxylic acids is 2. The molecule has 0 unspecified atom stereocenters. The maximum Gasteiger partial charge on any atom is 0.405 e. The van der Waals surface area contributed by atoms with E-state index in [1.807, 2.05) is 35.3 Å². The minimum Gasteiger partial charge on any atom is -0.458 e. The molecule has 38 heavy (non-hydrogen) atoms. The van der Waals surface area contributed by atoms with Crippen LogP contribution < -0.4 is 25.6 Å². The lowest BCUT2D eigenvalue weighted by atomic mass is 9.92. The number of nitrogens with two attached hydrogens (primary N) is 1. The van der Waals surface area contributed by atoms with Gasteiger partial charge in [-0.05, 0) is 31.9 Å². The summed E-state index contributed by atoms with van der Waals surface area (Å²) in [6, 6.07) is 4.76. The predicted octanol–water partition coefficient (Wildman–Crippen LogP) is 2.13. The second-order valence-corrected chi connectivity index (χ2v) is 9.23. The molecule has 3 heterocycles. The van der Waals surface area contributed by atoms with Crippen molar-refractivity contribution in [2.24, 2.45) is 5.73 Å². The van der Waals surface area contributed by atoms with Gasteiger partial charge in [0, 0.05) is 57.7 Å². The quantitative estimate of drug-likeness (QED) is 0.465. The van der Waals surface area contributed by atoms with Crippen molar-refractivity contribution in [2.45, 2.75) is 38.0 Å². The molecule has 2 aromatic heterocycles. The number of nitrogens with one attached hydrogen (secondary N) is 1. The molecule has 1 saturated heterocycles. The summed E-state index contributed by atoms with van der Waals surface area (Å²) in [5, 5.41) is 1.83. The van der Waals surface area contributed by atoms with Crippen LogP contribution in [-0.2, 0) is 4.74 Å². The fourth-order valence-corrected chi connectivity index (χ4v) is 4.00. The summed E-state index contributed by atoms with van der Waals surface area (Å²) >= 11 is 0. The number of aromatic nitrogens is 3. The Morgan fingerprint density at radius 2 is 1.84 bits per heavy atom. The average Bonchev–Trinajstić information content (AvgIpc) is 2.86.